The number of nitrogens with one attached hydrogen (secondary N) is 1. The first kappa shape index (κ1) is 22.0. The summed E-state index contributed by atoms with van der Waals surface area (Å²) in [6.45, 7) is 1.33. The van der Waals surface area contributed by atoms with Gasteiger partial charge in [-0.05, 0) is 29.6 Å². The number of thioether (sulfide) groups is 1. The van der Waals surface area contributed by atoms with Gasteiger partial charge >= 0.3 is 0 Å². The molecule has 0 spiro atoms. The number of hydrogen-bond acceptors (Lipinski definition) is 8. The number of aromatic nitrogens is 2. The van der Waals surface area contributed by atoms with Crippen LogP contribution in [0.3, 0.4) is 0 Å². The Balaban J connectivity index is 1.44. The van der Waals surface area contributed by atoms with Gasteiger partial charge in [0.15, 0.2) is 5.16 Å². The first-order valence-electron chi connectivity index (χ1n) is 9.41. The zero-order valence-electron chi connectivity index (χ0n) is 16.6. The van der Waals surface area contributed by atoms with Gasteiger partial charge in [-0.1, -0.05) is 17.8 Å². The van der Waals surface area contributed by atoms with Crippen molar-refractivity contribution in [2.75, 3.05) is 37.4 Å². The van der Waals surface area contributed by atoms with E-state index < -0.39 is 10.0 Å². The highest BCUT2D eigenvalue weighted by molar-refractivity contribution is 7.99. The third kappa shape index (κ3) is 4.67. The lowest BCUT2D eigenvalue weighted by atomic mass is 10.3. The highest BCUT2D eigenvalue weighted by Gasteiger charge is 2.26. The van der Waals surface area contributed by atoms with Crippen molar-refractivity contribution in [3.63, 3.8) is 0 Å². The number of anilines is 1. The van der Waals surface area contributed by atoms with Gasteiger partial charge in [-0.2, -0.15) is 4.31 Å². The van der Waals surface area contributed by atoms with E-state index in [1.165, 1.54) is 32.3 Å². The number of carbonyl (C=O) groups excluding carboxylic acids is 1. The molecule has 1 aromatic carbocycles. The number of benzene rings is 1. The molecular formula is C19H20N4O5S3. The Kier molecular flexibility index (Phi) is 6.44. The molecule has 164 valence electrons. The highest BCUT2D eigenvalue weighted by Crippen LogP contribution is 2.22. The summed E-state index contributed by atoms with van der Waals surface area (Å²) < 4.78 is 33.6. The Morgan fingerprint density at radius 2 is 2.06 bits per heavy atom. The fourth-order valence-corrected chi connectivity index (χ4v) is 6.14. The third-order valence-corrected chi connectivity index (χ3v) is 8.45. The SMILES string of the molecule is Cn1c(SCC(=O)Nc2cccc(S(=O)(=O)N3CCOCC3)c2)nc2sccc2c1=O. The summed E-state index contributed by atoms with van der Waals surface area (Å²) in [6, 6.07) is 7.90. The smallest absolute Gasteiger partial charge is 0.262 e. The predicted molar refractivity (Wildman–Crippen MR) is 120 cm³/mol. The second kappa shape index (κ2) is 9.09. The second-order valence-electron chi connectivity index (χ2n) is 6.78. The number of carbonyl (C=O) groups is 1. The summed E-state index contributed by atoms with van der Waals surface area (Å²) in [7, 11) is -2.03. The Labute approximate surface area is 187 Å². The van der Waals surface area contributed by atoms with Crippen LogP contribution in [-0.4, -0.2) is 60.2 Å². The number of amides is 1. The molecule has 1 N–H and O–H groups in total. The van der Waals surface area contributed by atoms with Gasteiger partial charge in [-0.3, -0.25) is 14.2 Å². The predicted octanol–water partition coefficient (Wildman–Crippen LogP) is 1.75. The number of fused-ring (bicyclic) bond motifs is 1. The molecule has 0 saturated carbocycles. The van der Waals surface area contributed by atoms with Crippen molar-refractivity contribution >= 4 is 54.9 Å². The van der Waals surface area contributed by atoms with E-state index in [1.54, 1.807) is 30.6 Å². The van der Waals surface area contributed by atoms with Gasteiger partial charge in [-0.25, -0.2) is 13.4 Å². The van der Waals surface area contributed by atoms with Gasteiger partial charge in [0, 0.05) is 25.8 Å². The van der Waals surface area contributed by atoms with Crippen LogP contribution in [0.15, 0.2) is 50.6 Å². The Morgan fingerprint density at radius 1 is 1.29 bits per heavy atom. The Morgan fingerprint density at radius 3 is 2.84 bits per heavy atom. The molecule has 9 nitrogen and oxygen atoms in total. The van der Waals surface area contributed by atoms with Crippen molar-refractivity contribution in [3.05, 3.63) is 46.1 Å². The normalized spacial score (nSPS) is 15.3. The van der Waals surface area contributed by atoms with Crippen LogP contribution in [0.5, 0.6) is 0 Å². The molecule has 0 bridgehead atoms. The van der Waals surface area contributed by atoms with Crippen LogP contribution in [0, 0.1) is 0 Å². The van der Waals surface area contributed by atoms with Gasteiger partial charge in [0.25, 0.3) is 5.56 Å². The van der Waals surface area contributed by atoms with Crippen molar-refractivity contribution in [1.29, 1.82) is 0 Å². The van der Waals surface area contributed by atoms with E-state index in [-0.39, 0.29) is 22.1 Å². The maximum absolute atomic E-state index is 12.8. The number of thiophene rings is 1. The van der Waals surface area contributed by atoms with Crippen molar-refractivity contribution < 1.29 is 17.9 Å². The number of sulfonamides is 1. The van der Waals surface area contributed by atoms with Crippen LogP contribution < -0.4 is 10.9 Å². The lowest BCUT2D eigenvalue weighted by Crippen LogP contribution is -2.40. The molecule has 3 heterocycles. The lowest BCUT2D eigenvalue weighted by Gasteiger charge is -2.26. The van der Waals surface area contributed by atoms with E-state index in [0.29, 0.717) is 47.4 Å². The molecule has 0 unspecified atom stereocenters. The Bertz CT molecular complexity index is 1280. The average molecular weight is 481 g/mol. The number of nitrogens with zero attached hydrogens (tertiary/aromatic N) is 3. The number of hydrogen-bond donors (Lipinski definition) is 1. The minimum absolute atomic E-state index is 0.0254. The standard InChI is InChI=1S/C19H20N4O5S3/c1-22-18(25)15-5-10-29-17(15)21-19(22)30-12-16(24)20-13-3-2-4-14(11-13)31(26,27)23-6-8-28-9-7-23/h2-5,10-11H,6-9,12H2,1H3,(H,20,24). The molecule has 0 atom stereocenters. The van der Waals surface area contributed by atoms with E-state index in [2.05, 4.69) is 10.3 Å². The van der Waals surface area contributed by atoms with Gasteiger partial charge in [0.05, 0.1) is 29.2 Å². The number of rotatable bonds is 6. The van der Waals surface area contributed by atoms with Crippen molar-refractivity contribution in [3.8, 4) is 0 Å². The molecule has 12 heteroatoms. The van der Waals surface area contributed by atoms with Crippen LogP contribution in [0.2, 0.25) is 0 Å². The molecule has 3 aromatic rings. The number of morpholine rings is 1. The summed E-state index contributed by atoms with van der Waals surface area (Å²) in [6.07, 6.45) is 0. The first-order chi connectivity index (χ1) is 14.9. The zero-order valence-corrected chi connectivity index (χ0v) is 19.1. The lowest BCUT2D eigenvalue weighted by molar-refractivity contribution is -0.113. The third-order valence-electron chi connectivity index (χ3n) is 4.72. The average Bonchev–Trinajstić information content (AvgIpc) is 3.25. The topological polar surface area (TPSA) is 111 Å². The first-order valence-corrected chi connectivity index (χ1v) is 12.7. The minimum atomic E-state index is -3.65. The van der Waals surface area contributed by atoms with E-state index in [0.717, 1.165) is 11.8 Å². The van der Waals surface area contributed by atoms with E-state index in [9.17, 15) is 18.0 Å². The fourth-order valence-electron chi connectivity index (χ4n) is 3.11. The number of ether oxygens (including phenoxy) is 1. The van der Waals surface area contributed by atoms with Gasteiger partial charge in [-0.15, -0.1) is 11.3 Å². The molecular weight excluding hydrogens is 460 g/mol. The van der Waals surface area contributed by atoms with Gasteiger partial charge in [0.1, 0.15) is 4.83 Å². The van der Waals surface area contributed by atoms with Crippen molar-refractivity contribution in [2.45, 2.75) is 10.1 Å². The van der Waals surface area contributed by atoms with Crippen LogP contribution in [-0.2, 0) is 26.6 Å². The van der Waals surface area contributed by atoms with Crippen LogP contribution in [0.1, 0.15) is 0 Å². The van der Waals surface area contributed by atoms with E-state index >= 15 is 0 Å². The van der Waals surface area contributed by atoms with Gasteiger partial charge in [0.2, 0.25) is 15.9 Å². The molecule has 4 rings (SSSR count). The molecule has 0 radical (unpaired) electrons. The maximum atomic E-state index is 12.8. The maximum Gasteiger partial charge on any atom is 0.262 e. The summed E-state index contributed by atoms with van der Waals surface area (Å²) in [5, 5.41) is 5.52. The monoisotopic (exact) mass is 480 g/mol. The van der Waals surface area contributed by atoms with Crippen LogP contribution in [0.4, 0.5) is 5.69 Å². The quantitative estimate of drug-likeness (QED) is 0.423. The highest BCUT2D eigenvalue weighted by atomic mass is 32.2. The summed E-state index contributed by atoms with van der Waals surface area (Å²) in [4.78, 5) is 30.0. The van der Waals surface area contributed by atoms with Crippen molar-refractivity contribution in [2.24, 2.45) is 7.05 Å². The Hall–Kier alpha value is -2.25. The molecule has 1 aliphatic heterocycles. The summed E-state index contributed by atoms with van der Waals surface area (Å²) >= 11 is 2.52. The summed E-state index contributed by atoms with van der Waals surface area (Å²) in [5.41, 5.74) is 0.227. The largest absolute Gasteiger partial charge is 0.379 e. The molecule has 1 amide bonds. The molecule has 1 saturated heterocycles. The second-order valence-corrected chi connectivity index (χ2v) is 10.6. The fraction of sp³-hybridized carbons (Fsp3) is 0.316. The van der Waals surface area contributed by atoms with Crippen LogP contribution >= 0.6 is 23.1 Å². The molecule has 31 heavy (non-hydrogen) atoms. The molecule has 0 aliphatic carbocycles. The minimum Gasteiger partial charge on any atom is -0.379 e. The molecule has 2 aromatic heterocycles. The van der Waals surface area contributed by atoms with Crippen LogP contribution in [0.25, 0.3) is 10.2 Å². The van der Waals surface area contributed by atoms with E-state index in [1.807, 2.05) is 0 Å². The van der Waals surface area contributed by atoms with Crippen molar-refractivity contribution in [1.82, 2.24) is 13.9 Å². The van der Waals surface area contributed by atoms with Gasteiger partial charge < -0.3 is 10.1 Å². The molecule has 1 aliphatic rings. The summed E-state index contributed by atoms with van der Waals surface area (Å²) in [5.74, 6) is -0.302. The van der Waals surface area contributed by atoms with E-state index in [4.69, 9.17) is 4.74 Å². The molecule has 1 fully saturated rings. The zero-order chi connectivity index (χ0) is 22.0.